The number of nitrogens with one attached hydrogen (secondary N) is 1. The second-order valence-corrected chi connectivity index (χ2v) is 7.11. The molecule has 0 bridgehead atoms. The zero-order valence-corrected chi connectivity index (χ0v) is 14.6. The van der Waals surface area contributed by atoms with Crippen LogP contribution in [0, 0.1) is 13.8 Å². The van der Waals surface area contributed by atoms with Gasteiger partial charge in [-0.3, -0.25) is 9.59 Å². The van der Waals surface area contributed by atoms with Crippen LogP contribution in [0.4, 0.5) is 0 Å². The van der Waals surface area contributed by atoms with Crippen molar-refractivity contribution in [1.29, 1.82) is 0 Å². The Labute approximate surface area is 139 Å². The van der Waals surface area contributed by atoms with Crippen LogP contribution in [0.2, 0.25) is 5.02 Å². The topological polar surface area (TPSA) is 49.9 Å². The maximum Gasteiger partial charge on any atom is 0.192 e. The second kappa shape index (κ2) is 6.71. The van der Waals surface area contributed by atoms with Crippen molar-refractivity contribution in [2.75, 3.05) is 0 Å². The number of halogens is 1. The zero-order valence-electron chi connectivity index (χ0n) is 13.0. The van der Waals surface area contributed by atoms with E-state index in [-0.39, 0.29) is 16.8 Å². The summed E-state index contributed by atoms with van der Waals surface area (Å²) in [4.78, 5) is 28.3. The summed E-state index contributed by atoms with van der Waals surface area (Å²) >= 11 is 7.42. The summed E-state index contributed by atoms with van der Waals surface area (Å²) in [6, 6.07) is 7.42. The van der Waals surface area contributed by atoms with Crippen LogP contribution in [-0.4, -0.2) is 21.8 Å². The Kier molecular flexibility index (Phi) is 5.14. The highest BCUT2D eigenvalue weighted by Gasteiger charge is 2.24. The Morgan fingerprint density at radius 3 is 2.50 bits per heavy atom. The first kappa shape index (κ1) is 16.8. The van der Waals surface area contributed by atoms with Crippen molar-refractivity contribution in [2.45, 2.75) is 37.8 Å². The van der Waals surface area contributed by atoms with Crippen LogP contribution in [0.25, 0.3) is 0 Å². The molecular formula is C17H18ClNO2S. The fraction of sp³-hybridized carbons (Fsp3) is 0.294. The highest BCUT2D eigenvalue weighted by atomic mass is 35.5. The number of thioether (sulfide) groups is 1. The molecule has 1 atom stereocenters. The van der Waals surface area contributed by atoms with E-state index >= 15 is 0 Å². The van der Waals surface area contributed by atoms with Crippen molar-refractivity contribution in [3.8, 4) is 0 Å². The lowest BCUT2D eigenvalue weighted by molar-refractivity contribution is 0.0988. The molecule has 1 heterocycles. The van der Waals surface area contributed by atoms with E-state index in [2.05, 4.69) is 4.98 Å². The van der Waals surface area contributed by atoms with Gasteiger partial charge in [-0.25, -0.2) is 0 Å². The predicted molar refractivity (Wildman–Crippen MR) is 91.4 cm³/mol. The Morgan fingerprint density at radius 1 is 1.27 bits per heavy atom. The Bertz CT molecular complexity index is 736. The van der Waals surface area contributed by atoms with E-state index in [1.165, 1.54) is 18.7 Å². The highest BCUT2D eigenvalue weighted by Crippen LogP contribution is 2.29. The van der Waals surface area contributed by atoms with Crippen LogP contribution >= 0.6 is 23.4 Å². The molecule has 116 valence electrons. The molecule has 0 saturated carbocycles. The third-order valence-electron chi connectivity index (χ3n) is 3.51. The molecule has 22 heavy (non-hydrogen) atoms. The molecule has 0 radical (unpaired) electrons. The van der Waals surface area contributed by atoms with Gasteiger partial charge in [-0.05, 0) is 51.5 Å². The number of carbonyl (C=O) groups is 2. The maximum atomic E-state index is 12.6. The molecule has 0 amide bonds. The van der Waals surface area contributed by atoms with E-state index in [4.69, 9.17) is 11.6 Å². The molecule has 1 aromatic heterocycles. The first-order valence-electron chi connectivity index (χ1n) is 6.97. The average Bonchev–Trinajstić information content (AvgIpc) is 2.73. The number of aryl methyl sites for hydroxylation is 1. The lowest BCUT2D eigenvalue weighted by Crippen LogP contribution is -2.15. The molecule has 0 saturated heterocycles. The van der Waals surface area contributed by atoms with Crippen LogP contribution in [0.15, 0.2) is 29.2 Å². The minimum atomic E-state index is -0.268. The summed E-state index contributed by atoms with van der Waals surface area (Å²) in [7, 11) is 0. The molecule has 1 aromatic carbocycles. The van der Waals surface area contributed by atoms with Gasteiger partial charge in [0.05, 0.1) is 10.9 Å². The van der Waals surface area contributed by atoms with Gasteiger partial charge in [-0.2, -0.15) is 0 Å². The van der Waals surface area contributed by atoms with Gasteiger partial charge in [0.25, 0.3) is 0 Å². The van der Waals surface area contributed by atoms with Crippen LogP contribution in [0.1, 0.15) is 46.0 Å². The minimum Gasteiger partial charge on any atom is -0.355 e. The SMILES string of the molecule is CC(=O)c1c(C)[nH]c(C(=O)C(C)Sc2cccc(Cl)c2)c1C. The zero-order chi connectivity index (χ0) is 16.4. The van der Waals surface area contributed by atoms with Crippen LogP contribution in [0.5, 0.6) is 0 Å². The normalized spacial score (nSPS) is 12.2. The number of benzene rings is 1. The summed E-state index contributed by atoms with van der Waals surface area (Å²) < 4.78 is 0. The van der Waals surface area contributed by atoms with E-state index in [0.29, 0.717) is 16.3 Å². The van der Waals surface area contributed by atoms with Gasteiger partial charge < -0.3 is 4.98 Å². The van der Waals surface area contributed by atoms with Gasteiger partial charge in [0.1, 0.15) is 0 Å². The highest BCUT2D eigenvalue weighted by molar-refractivity contribution is 8.00. The number of H-pyrrole nitrogens is 1. The van der Waals surface area contributed by atoms with Gasteiger partial charge in [-0.1, -0.05) is 17.7 Å². The van der Waals surface area contributed by atoms with Crippen molar-refractivity contribution in [3.63, 3.8) is 0 Å². The van der Waals surface area contributed by atoms with E-state index in [0.717, 1.165) is 16.2 Å². The van der Waals surface area contributed by atoms with Crippen LogP contribution < -0.4 is 0 Å². The summed E-state index contributed by atoms with van der Waals surface area (Å²) in [6.07, 6.45) is 0. The molecule has 3 nitrogen and oxygen atoms in total. The molecule has 2 rings (SSSR count). The van der Waals surface area contributed by atoms with Crippen molar-refractivity contribution < 1.29 is 9.59 Å². The van der Waals surface area contributed by atoms with E-state index in [1.807, 2.05) is 39.0 Å². The molecule has 1 N–H and O–H groups in total. The summed E-state index contributed by atoms with van der Waals surface area (Å²) in [5, 5.41) is 0.380. The van der Waals surface area contributed by atoms with E-state index in [1.54, 1.807) is 6.07 Å². The molecular weight excluding hydrogens is 318 g/mol. The molecule has 2 aromatic rings. The molecule has 0 aliphatic carbocycles. The average molecular weight is 336 g/mol. The fourth-order valence-electron chi connectivity index (χ4n) is 2.53. The first-order valence-corrected chi connectivity index (χ1v) is 8.23. The van der Waals surface area contributed by atoms with Gasteiger partial charge >= 0.3 is 0 Å². The lowest BCUT2D eigenvalue weighted by Gasteiger charge is -2.10. The Morgan fingerprint density at radius 2 is 1.95 bits per heavy atom. The fourth-order valence-corrected chi connectivity index (χ4v) is 3.77. The Hall–Kier alpha value is -1.52. The number of ketones is 2. The first-order chi connectivity index (χ1) is 10.3. The maximum absolute atomic E-state index is 12.6. The number of aromatic nitrogens is 1. The molecule has 0 fully saturated rings. The number of aromatic amines is 1. The summed E-state index contributed by atoms with van der Waals surface area (Å²) in [5.74, 6) is -0.0430. The Balaban J connectivity index is 2.24. The van der Waals surface area contributed by atoms with E-state index < -0.39 is 0 Å². The predicted octanol–water partition coefficient (Wildman–Crippen LogP) is 4.85. The van der Waals surface area contributed by atoms with Gasteiger partial charge in [0.2, 0.25) is 0 Å². The molecule has 1 unspecified atom stereocenters. The van der Waals surface area contributed by atoms with Crippen molar-refractivity contribution in [3.05, 3.63) is 51.8 Å². The second-order valence-electron chi connectivity index (χ2n) is 5.26. The minimum absolute atomic E-state index is 0.0157. The number of carbonyl (C=O) groups excluding carboxylic acids is 2. The number of rotatable bonds is 5. The standard InChI is InChI=1S/C17H18ClNO2S/c1-9-15(11(3)20)10(2)19-16(9)17(21)12(4)22-14-7-5-6-13(18)8-14/h5-8,12,19H,1-4H3. The van der Waals surface area contributed by atoms with Gasteiger partial charge in [-0.15, -0.1) is 11.8 Å². The quantitative estimate of drug-likeness (QED) is 0.627. The number of hydrogen-bond donors (Lipinski definition) is 1. The van der Waals surface area contributed by atoms with Crippen molar-refractivity contribution >= 4 is 34.9 Å². The van der Waals surface area contributed by atoms with Crippen molar-refractivity contribution in [2.24, 2.45) is 0 Å². The smallest absolute Gasteiger partial charge is 0.192 e. The molecule has 0 aliphatic heterocycles. The molecule has 0 aliphatic rings. The summed E-state index contributed by atoms with van der Waals surface area (Å²) in [6.45, 7) is 7.00. The third kappa shape index (κ3) is 3.45. The van der Waals surface area contributed by atoms with Crippen molar-refractivity contribution in [1.82, 2.24) is 4.98 Å². The number of hydrogen-bond acceptors (Lipinski definition) is 3. The molecule has 0 spiro atoms. The third-order valence-corrected chi connectivity index (χ3v) is 4.84. The van der Waals surface area contributed by atoms with Crippen LogP contribution in [-0.2, 0) is 0 Å². The summed E-state index contributed by atoms with van der Waals surface area (Å²) in [5.41, 5.74) is 2.61. The molecule has 5 heteroatoms. The van der Waals surface area contributed by atoms with E-state index in [9.17, 15) is 9.59 Å². The van der Waals surface area contributed by atoms with Gasteiger partial charge in [0.15, 0.2) is 11.6 Å². The number of Topliss-reactive ketones (excluding diaryl/α,β-unsaturated/α-hetero) is 2. The van der Waals surface area contributed by atoms with Crippen LogP contribution in [0.3, 0.4) is 0 Å². The van der Waals surface area contributed by atoms with Gasteiger partial charge in [0, 0.05) is 21.2 Å². The lowest BCUT2D eigenvalue weighted by atomic mass is 10.0. The largest absolute Gasteiger partial charge is 0.355 e. The monoisotopic (exact) mass is 335 g/mol.